The predicted molar refractivity (Wildman–Crippen MR) is 111 cm³/mol. The van der Waals surface area contributed by atoms with Crippen LogP contribution in [0, 0.1) is 6.92 Å². The van der Waals surface area contributed by atoms with Gasteiger partial charge in [-0.05, 0) is 37.1 Å². The van der Waals surface area contributed by atoms with Crippen LogP contribution in [-0.2, 0) is 0 Å². The summed E-state index contributed by atoms with van der Waals surface area (Å²) in [4.78, 5) is 14.7. The second-order valence-corrected chi connectivity index (χ2v) is 7.46. The van der Waals surface area contributed by atoms with E-state index in [1.807, 2.05) is 49.4 Å². The van der Waals surface area contributed by atoms with Gasteiger partial charge >= 0.3 is 0 Å². The zero-order chi connectivity index (χ0) is 18.1. The van der Waals surface area contributed by atoms with Gasteiger partial charge in [0.05, 0.1) is 0 Å². The highest BCUT2D eigenvalue weighted by molar-refractivity contribution is 7.19. The summed E-state index contributed by atoms with van der Waals surface area (Å²) in [5.74, 6) is 1.18. The Kier molecular flexibility index (Phi) is 4.53. The Morgan fingerprint density at radius 2 is 1.69 bits per heavy atom. The van der Waals surface area contributed by atoms with Crippen LogP contribution in [0.1, 0.15) is 17.4 Å². The van der Waals surface area contributed by atoms with Gasteiger partial charge < -0.3 is 0 Å². The van der Waals surface area contributed by atoms with E-state index in [9.17, 15) is 0 Å². The molecule has 0 bridgehead atoms. The lowest BCUT2D eigenvalue weighted by Crippen LogP contribution is -1.97. The van der Waals surface area contributed by atoms with Crippen molar-refractivity contribution >= 4 is 39.1 Å². The maximum Gasteiger partial charge on any atom is 0.226 e. The van der Waals surface area contributed by atoms with Crippen LogP contribution in [0.15, 0.2) is 54.6 Å². The van der Waals surface area contributed by atoms with E-state index in [2.05, 4.69) is 35.1 Å². The van der Waals surface area contributed by atoms with Gasteiger partial charge in [0.1, 0.15) is 0 Å². The van der Waals surface area contributed by atoms with Crippen molar-refractivity contribution in [2.24, 2.45) is 0 Å². The molecular weight excluding hydrogens is 362 g/mol. The molecule has 0 atom stereocenters. The fourth-order valence-electron chi connectivity index (χ4n) is 3.03. The SMILES string of the molecule is C/C=C\c1c(C)sc2cccc(-c3nc(Cl)nc(-c4ccccc4)n3)c12. The number of fused-ring (bicyclic) bond motifs is 1. The number of rotatable bonds is 3. The number of nitrogens with zero attached hydrogens (tertiary/aromatic N) is 3. The quantitative estimate of drug-likeness (QED) is 0.413. The fraction of sp³-hybridized carbons (Fsp3) is 0.0952. The van der Waals surface area contributed by atoms with Crippen LogP contribution in [0.25, 0.3) is 38.9 Å². The van der Waals surface area contributed by atoms with E-state index in [4.69, 9.17) is 16.6 Å². The maximum absolute atomic E-state index is 6.23. The topological polar surface area (TPSA) is 38.7 Å². The minimum Gasteiger partial charge on any atom is -0.208 e. The maximum atomic E-state index is 6.23. The second kappa shape index (κ2) is 6.98. The molecule has 0 N–H and O–H groups in total. The predicted octanol–water partition coefficient (Wildman–Crippen LogP) is 6.42. The third kappa shape index (κ3) is 3.02. The van der Waals surface area contributed by atoms with Crippen LogP contribution >= 0.6 is 22.9 Å². The largest absolute Gasteiger partial charge is 0.226 e. The standard InChI is InChI=1S/C21H16ClN3S/c1-3-8-15-13(2)26-17-12-7-11-16(18(15)17)20-23-19(24-21(22)25-20)14-9-5-4-6-10-14/h3-12H,1-2H3/b8-3-. The first-order chi connectivity index (χ1) is 12.7. The lowest BCUT2D eigenvalue weighted by Gasteiger charge is -2.07. The molecule has 0 spiro atoms. The number of hydrogen-bond donors (Lipinski definition) is 0. The van der Waals surface area contributed by atoms with Crippen molar-refractivity contribution in [3.8, 4) is 22.8 Å². The number of allylic oxidation sites excluding steroid dienone is 1. The average molecular weight is 378 g/mol. The summed E-state index contributed by atoms with van der Waals surface area (Å²) in [6, 6.07) is 16.0. The summed E-state index contributed by atoms with van der Waals surface area (Å²) < 4.78 is 1.21. The van der Waals surface area contributed by atoms with Gasteiger partial charge in [-0.25, -0.2) is 4.98 Å². The van der Waals surface area contributed by atoms with Gasteiger partial charge in [-0.1, -0.05) is 54.6 Å². The molecule has 0 fully saturated rings. The molecule has 0 radical (unpaired) electrons. The average Bonchev–Trinajstić information content (AvgIpc) is 2.98. The third-order valence-corrected chi connectivity index (χ3v) is 5.41. The van der Waals surface area contributed by atoms with Gasteiger partial charge in [-0.15, -0.1) is 11.3 Å². The Morgan fingerprint density at radius 3 is 2.46 bits per heavy atom. The molecule has 0 saturated carbocycles. The first kappa shape index (κ1) is 16.9. The van der Waals surface area contributed by atoms with Gasteiger partial charge in [-0.3, -0.25) is 0 Å². The number of aryl methyl sites for hydroxylation is 1. The summed E-state index contributed by atoms with van der Waals surface area (Å²) in [5.41, 5.74) is 3.10. The van der Waals surface area contributed by atoms with E-state index >= 15 is 0 Å². The molecule has 128 valence electrons. The van der Waals surface area contributed by atoms with Crippen molar-refractivity contribution in [3.05, 3.63) is 70.3 Å². The van der Waals surface area contributed by atoms with E-state index in [0.717, 1.165) is 16.5 Å². The van der Waals surface area contributed by atoms with Gasteiger partial charge in [0.15, 0.2) is 11.6 Å². The number of halogens is 1. The second-order valence-electron chi connectivity index (χ2n) is 5.87. The highest BCUT2D eigenvalue weighted by atomic mass is 35.5. The van der Waals surface area contributed by atoms with Crippen molar-refractivity contribution in [2.45, 2.75) is 13.8 Å². The molecule has 5 heteroatoms. The molecule has 2 aromatic carbocycles. The van der Waals surface area contributed by atoms with E-state index < -0.39 is 0 Å². The molecule has 4 aromatic rings. The molecule has 0 amide bonds. The first-order valence-electron chi connectivity index (χ1n) is 8.29. The molecule has 3 nitrogen and oxygen atoms in total. The highest BCUT2D eigenvalue weighted by Gasteiger charge is 2.16. The molecule has 0 aliphatic heterocycles. The summed E-state index contributed by atoms with van der Waals surface area (Å²) >= 11 is 8.01. The van der Waals surface area contributed by atoms with E-state index in [0.29, 0.717) is 11.6 Å². The van der Waals surface area contributed by atoms with Crippen LogP contribution in [0.4, 0.5) is 0 Å². The van der Waals surface area contributed by atoms with Gasteiger partial charge in [-0.2, -0.15) is 9.97 Å². The number of benzene rings is 2. The molecule has 2 aromatic heterocycles. The molecular formula is C21H16ClN3S. The molecule has 0 aliphatic carbocycles. The number of aromatic nitrogens is 3. The van der Waals surface area contributed by atoms with Crippen LogP contribution in [-0.4, -0.2) is 15.0 Å². The Balaban J connectivity index is 1.98. The molecule has 0 aliphatic rings. The van der Waals surface area contributed by atoms with Gasteiger partial charge in [0, 0.05) is 26.1 Å². The summed E-state index contributed by atoms with van der Waals surface area (Å²) in [7, 11) is 0. The lowest BCUT2D eigenvalue weighted by atomic mass is 10.0. The highest BCUT2D eigenvalue weighted by Crippen LogP contribution is 2.38. The zero-order valence-electron chi connectivity index (χ0n) is 14.4. The van der Waals surface area contributed by atoms with E-state index in [1.165, 1.54) is 15.1 Å². The van der Waals surface area contributed by atoms with Crippen molar-refractivity contribution < 1.29 is 0 Å². The van der Waals surface area contributed by atoms with Crippen LogP contribution in [0.2, 0.25) is 5.28 Å². The molecule has 2 heterocycles. The number of hydrogen-bond acceptors (Lipinski definition) is 4. The summed E-state index contributed by atoms with van der Waals surface area (Å²) in [6.45, 7) is 4.17. The molecule has 0 unspecified atom stereocenters. The van der Waals surface area contributed by atoms with Crippen molar-refractivity contribution in [2.75, 3.05) is 0 Å². The fourth-order valence-corrected chi connectivity index (χ4v) is 4.27. The summed E-state index contributed by atoms with van der Waals surface area (Å²) in [6.07, 6.45) is 4.19. The third-order valence-electron chi connectivity index (χ3n) is 4.15. The normalized spacial score (nSPS) is 11.5. The van der Waals surface area contributed by atoms with Gasteiger partial charge in [0.2, 0.25) is 5.28 Å². The Bertz CT molecular complexity index is 1120. The zero-order valence-corrected chi connectivity index (χ0v) is 16.0. The Labute approximate surface area is 161 Å². The molecule has 0 saturated heterocycles. The first-order valence-corrected chi connectivity index (χ1v) is 9.49. The lowest BCUT2D eigenvalue weighted by molar-refractivity contribution is 1.07. The Morgan fingerprint density at radius 1 is 0.923 bits per heavy atom. The van der Waals surface area contributed by atoms with Crippen LogP contribution < -0.4 is 0 Å². The molecule has 26 heavy (non-hydrogen) atoms. The van der Waals surface area contributed by atoms with E-state index in [1.54, 1.807) is 11.3 Å². The number of thiophene rings is 1. The Hall–Kier alpha value is -2.56. The van der Waals surface area contributed by atoms with E-state index in [-0.39, 0.29) is 5.28 Å². The minimum atomic E-state index is 0.199. The summed E-state index contributed by atoms with van der Waals surface area (Å²) in [5, 5.41) is 1.36. The van der Waals surface area contributed by atoms with Crippen LogP contribution in [0.3, 0.4) is 0 Å². The van der Waals surface area contributed by atoms with Gasteiger partial charge in [0.25, 0.3) is 0 Å². The van der Waals surface area contributed by atoms with Crippen molar-refractivity contribution in [1.29, 1.82) is 0 Å². The van der Waals surface area contributed by atoms with Crippen molar-refractivity contribution in [1.82, 2.24) is 15.0 Å². The molecule has 4 rings (SSSR count). The van der Waals surface area contributed by atoms with Crippen LogP contribution in [0.5, 0.6) is 0 Å². The monoisotopic (exact) mass is 377 g/mol. The smallest absolute Gasteiger partial charge is 0.208 e. The minimum absolute atomic E-state index is 0.199. The van der Waals surface area contributed by atoms with Crippen molar-refractivity contribution in [3.63, 3.8) is 0 Å².